The van der Waals surface area contributed by atoms with E-state index < -0.39 is 5.97 Å². The van der Waals surface area contributed by atoms with Crippen LogP contribution in [0, 0.1) is 0 Å². The molecule has 0 aliphatic carbocycles. The van der Waals surface area contributed by atoms with Crippen molar-refractivity contribution in [3.05, 3.63) is 30.1 Å². The van der Waals surface area contributed by atoms with Gasteiger partial charge in [0.05, 0.1) is 5.25 Å². The third kappa shape index (κ3) is 3.79. The summed E-state index contributed by atoms with van der Waals surface area (Å²) in [5, 5.41) is 8.33. The number of aromatic nitrogens is 1. The van der Waals surface area contributed by atoms with Crippen molar-refractivity contribution >= 4 is 17.7 Å². The second kappa shape index (κ2) is 5.65. The van der Waals surface area contributed by atoms with Crippen LogP contribution in [-0.2, 0) is 11.2 Å². The molecule has 0 spiro atoms. The molecule has 76 valence electrons. The summed E-state index contributed by atoms with van der Waals surface area (Å²) in [5.41, 5.74) is 1.20. The summed E-state index contributed by atoms with van der Waals surface area (Å²) < 4.78 is 0. The summed E-state index contributed by atoms with van der Waals surface area (Å²) in [4.78, 5) is 14.4. The zero-order chi connectivity index (χ0) is 10.4. The Morgan fingerprint density at radius 2 is 2.21 bits per heavy atom. The SMILES string of the molecule is C[C@@H](SCCc1ccncc1)C(=O)O. The molecule has 14 heavy (non-hydrogen) atoms. The van der Waals surface area contributed by atoms with Crippen LogP contribution in [0.2, 0.25) is 0 Å². The molecule has 0 aliphatic rings. The van der Waals surface area contributed by atoms with Gasteiger partial charge in [-0.25, -0.2) is 0 Å². The summed E-state index contributed by atoms with van der Waals surface area (Å²) in [6.45, 7) is 1.71. The van der Waals surface area contributed by atoms with Crippen molar-refractivity contribution in [2.24, 2.45) is 0 Å². The van der Waals surface area contributed by atoms with E-state index in [-0.39, 0.29) is 5.25 Å². The zero-order valence-electron chi connectivity index (χ0n) is 8.01. The molecule has 1 rings (SSSR count). The molecule has 1 atom stereocenters. The van der Waals surface area contributed by atoms with Gasteiger partial charge in [0.1, 0.15) is 0 Å². The van der Waals surface area contributed by atoms with Gasteiger partial charge in [-0.2, -0.15) is 0 Å². The average Bonchev–Trinajstić information content (AvgIpc) is 2.19. The Morgan fingerprint density at radius 3 is 2.79 bits per heavy atom. The van der Waals surface area contributed by atoms with Crippen LogP contribution in [-0.4, -0.2) is 27.1 Å². The fourth-order valence-corrected chi connectivity index (χ4v) is 1.82. The monoisotopic (exact) mass is 211 g/mol. The van der Waals surface area contributed by atoms with Crippen molar-refractivity contribution in [1.82, 2.24) is 4.98 Å². The molecule has 4 heteroatoms. The van der Waals surface area contributed by atoms with Gasteiger partial charge in [0.25, 0.3) is 0 Å². The quantitative estimate of drug-likeness (QED) is 0.807. The molecule has 0 fully saturated rings. The highest BCUT2D eigenvalue weighted by Gasteiger charge is 2.10. The van der Waals surface area contributed by atoms with Crippen LogP contribution in [0.5, 0.6) is 0 Å². The molecule has 3 nitrogen and oxygen atoms in total. The second-order valence-electron chi connectivity index (χ2n) is 2.96. The normalized spacial score (nSPS) is 12.4. The van der Waals surface area contributed by atoms with Crippen LogP contribution in [0.4, 0.5) is 0 Å². The van der Waals surface area contributed by atoms with Crippen molar-refractivity contribution in [3.63, 3.8) is 0 Å². The van der Waals surface area contributed by atoms with Crippen molar-refractivity contribution in [3.8, 4) is 0 Å². The standard InChI is InChI=1S/C10H13NO2S/c1-8(10(12)13)14-7-4-9-2-5-11-6-3-9/h2-3,5-6,8H,4,7H2,1H3,(H,12,13)/t8-/m1/s1. The molecule has 1 N–H and O–H groups in total. The first-order chi connectivity index (χ1) is 6.70. The van der Waals surface area contributed by atoms with Crippen LogP contribution in [0.15, 0.2) is 24.5 Å². The van der Waals surface area contributed by atoms with Gasteiger partial charge >= 0.3 is 5.97 Å². The minimum Gasteiger partial charge on any atom is -0.480 e. The third-order valence-corrected chi connectivity index (χ3v) is 3.00. The minimum atomic E-state index is -0.746. The lowest BCUT2D eigenvalue weighted by atomic mass is 10.2. The second-order valence-corrected chi connectivity index (χ2v) is 4.41. The van der Waals surface area contributed by atoms with E-state index in [1.165, 1.54) is 17.3 Å². The van der Waals surface area contributed by atoms with E-state index in [2.05, 4.69) is 4.98 Å². The largest absolute Gasteiger partial charge is 0.480 e. The lowest BCUT2D eigenvalue weighted by Gasteiger charge is -2.05. The highest BCUT2D eigenvalue weighted by molar-refractivity contribution is 8.00. The fourth-order valence-electron chi connectivity index (χ4n) is 0.974. The Bertz CT molecular complexity index is 289. The predicted octanol–water partition coefficient (Wildman–Crippen LogP) is 1.83. The smallest absolute Gasteiger partial charge is 0.316 e. The third-order valence-electron chi connectivity index (χ3n) is 1.86. The van der Waals surface area contributed by atoms with Crippen molar-refractivity contribution in [1.29, 1.82) is 0 Å². The number of hydrogen-bond donors (Lipinski definition) is 1. The van der Waals surface area contributed by atoms with Crippen LogP contribution < -0.4 is 0 Å². The van der Waals surface area contributed by atoms with Gasteiger partial charge in [0.15, 0.2) is 0 Å². The number of carbonyl (C=O) groups is 1. The zero-order valence-corrected chi connectivity index (χ0v) is 8.83. The van der Waals surface area contributed by atoms with Gasteiger partial charge in [-0.1, -0.05) is 0 Å². The highest BCUT2D eigenvalue weighted by atomic mass is 32.2. The predicted molar refractivity (Wildman–Crippen MR) is 57.5 cm³/mol. The lowest BCUT2D eigenvalue weighted by molar-refractivity contribution is -0.136. The highest BCUT2D eigenvalue weighted by Crippen LogP contribution is 2.12. The number of aryl methyl sites for hydroxylation is 1. The van der Waals surface area contributed by atoms with Gasteiger partial charge in [-0.3, -0.25) is 9.78 Å². The van der Waals surface area contributed by atoms with Crippen LogP contribution in [0.1, 0.15) is 12.5 Å². The van der Waals surface area contributed by atoms with Gasteiger partial charge in [-0.05, 0) is 36.8 Å². The van der Waals surface area contributed by atoms with Crippen molar-refractivity contribution < 1.29 is 9.90 Å². The van der Waals surface area contributed by atoms with Gasteiger partial charge in [0, 0.05) is 12.4 Å². The number of nitrogens with zero attached hydrogens (tertiary/aromatic N) is 1. The Balaban J connectivity index is 2.26. The van der Waals surface area contributed by atoms with Crippen molar-refractivity contribution in [2.45, 2.75) is 18.6 Å². The first-order valence-corrected chi connectivity index (χ1v) is 5.48. The van der Waals surface area contributed by atoms with Gasteiger partial charge in [0.2, 0.25) is 0 Å². The number of carboxylic acids is 1. The van der Waals surface area contributed by atoms with Crippen LogP contribution in [0.3, 0.4) is 0 Å². The number of rotatable bonds is 5. The molecule has 0 aromatic carbocycles. The average molecular weight is 211 g/mol. The molecule has 0 aliphatic heterocycles. The molecular weight excluding hydrogens is 198 g/mol. The van der Waals surface area contributed by atoms with Gasteiger partial charge in [-0.15, -0.1) is 11.8 Å². The number of carboxylic acid groups (broad SMARTS) is 1. The molecule has 0 bridgehead atoms. The summed E-state index contributed by atoms with van der Waals surface area (Å²) in [7, 11) is 0. The molecule has 1 heterocycles. The topological polar surface area (TPSA) is 50.2 Å². The molecule has 0 saturated heterocycles. The van der Waals surface area contributed by atoms with E-state index in [1.807, 2.05) is 12.1 Å². The van der Waals surface area contributed by atoms with E-state index in [1.54, 1.807) is 19.3 Å². The first kappa shape index (κ1) is 11.0. The van der Waals surface area contributed by atoms with Gasteiger partial charge < -0.3 is 5.11 Å². The molecule has 1 aromatic heterocycles. The number of pyridine rings is 1. The molecular formula is C10H13NO2S. The summed E-state index contributed by atoms with van der Waals surface area (Å²) in [6, 6.07) is 3.90. The Kier molecular flexibility index (Phi) is 4.46. The number of aliphatic carboxylic acids is 1. The molecule has 0 saturated carbocycles. The van der Waals surface area contributed by atoms with Crippen LogP contribution >= 0.6 is 11.8 Å². The Labute approximate surface area is 87.6 Å². The van der Waals surface area contributed by atoms with Crippen molar-refractivity contribution in [2.75, 3.05) is 5.75 Å². The van der Waals surface area contributed by atoms with E-state index in [9.17, 15) is 4.79 Å². The van der Waals surface area contributed by atoms with E-state index in [4.69, 9.17) is 5.11 Å². The molecule has 0 amide bonds. The number of thioether (sulfide) groups is 1. The maximum atomic E-state index is 10.5. The maximum Gasteiger partial charge on any atom is 0.316 e. The lowest BCUT2D eigenvalue weighted by Crippen LogP contribution is -2.12. The maximum absolute atomic E-state index is 10.5. The molecule has 0 radical (unpaired) electrons. The van der Waals surface area contributed by atoms with Crippen LogP contribution in [0.25, 0.3) is 0 Å². The molecule has 0 unspecified atom stereocenters. The Morgan fingerprint density at radius 1 is 1.57 bits per heavy atom. The van der Waals surface area contributed by atoms with E-state index in [0.717, 1.165) is 12.2 Å². The summed E-state index contributed by atoms with van der Waals surface area (Å²) in [6.07, 6.45) is 4.39. The van der Waals surface area contributed by atoms with E-state index >= 15 is 0 Å². The summed E-state index contributed by atoms with van der Waals surface area (Å²) in [5.74, 6) is 0.0852. The molecule has 1 aromatic rings. The van der Waals surface area contributed by atoms with E-state index in [0.29, 0.717) is 0 Å². The number of hydrogen-bond acceptors (Lipinski definition) is 3. The minimum absolute atomic E-state index is 0.322. The first-order valence-electron chi connectivity index (χ1n) is 4.43. The summed E-state index contributed by atoms with van der Waals surface area (Å²) >= 11 is 1.46. The fraction of sp³-hybridized carbons (Fsp3) is 0.400. The Hall–Kier alpha value is -1.03.